The van der Waals surface area contributed by atoms with E-state index in [-0.39, 0.29) is 0 Å². The zero-order valence-electron chi connectivity index (χ0n) is 10.0. The zero-order chi connectivity index (χ0) is 18.4. The Morgan fingerprint density at radius 2 is 0.909 bits per heavy atom. The van der Waals surface area contributed by atoms with Crippen LogP contribution in [0.25, 0.3) is 0 Å². The summed E-state index contributed by atoms with van der Waals surface area (Å²) in [6, 6.07) is 0. The minimum absolute atomic E-state index is 0.358. The molecule has 0 aromatic carbocycles. The third kappa shape index (κ3) is 2.69. The highest BCUT2D eigenvalue weighted by atomic mass is 19.4. The van der Waals surface area contributed by atoms with Crippen LogP contribution in [0, 0.1) is 0 Å². The lowest BCUT2D eigenvalue weighted by atomic mass is 9.89. The fourth-order valence-corrected chi connectivity index (χ4v) is 1.29. The van der Waals surface area contributed by atoms with Crippen LogP contribution in [-0.4, -0.2) is 42.6 Å². The van der Waals surface area contributed by atoms with E-state index in [2.05, 4.69) is 4.74 Å². The Labute approximate surface area is 113 Å². The van der Waals surface area contributed by atoms with Gasteiger partial charge in [-0.3, -0.25) is 0 Å². The largest absolute Gasteiger partial charge is 0.455 e. The van der Waals surface area contributed by atoms with Gasteiger partial charge >= 0.3 is 36.0 Å². The summed E-state index contributed by atoms with van der Waals surface area (Å²) in [5, 5.41) is 0. The second kappa shape index (κ2) is 5.30. The first kappa shape index (κ1) is 21.0. The molecule has 0 aliphatic carbocycles. The van der Waals surface area contributed by atoms with Gasteiger partial charge in [0.15, 0.2) is 0 Å². The average Bonchev–Trinajstić information content (AvgIpc) is 2.22. The quantitative estimate of drug-likeness (QED) is 0.656. The number of alkyl halides is 13. The predicted octanol–water partition coefficient (Wildman–Crippen LogP) is 4.72. The summed E-state index contributed by atoms with van der Waals surface area (Å²) in [7, 11) is 0. The van der Waals surface area contributed by atoms with E-state index in [9.17, 15) is 57.1 Å². The van der Waals surface area contributed by atoms with Crippen molar-refractivity contribution in [2.75, 3.05) is 6.61 Å². The fourth-order valence-electron chi connectivity index (χ4n) is 1.29. The maximum atomic E-state index is 13.3. The van der Waals surface area contributed by atoms with Crippen molar-refractivity contribution in [3.63, 3.8) is 0 Å². The second-order valence-corrected chi connectivity index (χ2v) is 3.75. The summed E-state index contributed by atoms with van der Waals surface area (Å²) in [6.45, 7) is -1.37. The Morgan fingerprint density at radius 3 is 1.09 bits per heavy atom. The molecule has 14 heteroatoms. The van der Waals surface area contributed by atoms with Crippen LogP contribution in [0.4, 0.5) is 57.1 Å². The van der Waals surface area contributed by atoms with Crippen molar-refractivity contribution in [2.24, 2.45) is 0 Å². The van der Waals surface area contributed by atoms with Gasteiger partial charge in [0.05, 0.1) is 0 Å². The van der Waals surface area contributed by atoms with E-state index in [1.807, 2.05) is 0 Å². The van der Waals surface area contributed by atoms with Crippen LogP contribution in [0.2, 0.25) is 0 Å². The Morgan fingerprint density at radius 1 is 0.591 bits per heavy atom. The molecule has 0 saturated heterocycles. The van der Waals surface area contributed by atoms with Crippen LogP contribution >= 0.6 is 0 Å². The summed E-state index contributed by atoms with van der Waals surface area (Å²) < 4.78 is 165. The topological polar surface area (TPSA) is 9.23 Å². The van der Waals surface area contributed by atoms with Crippen LogP contribution in [0.15, 0.2) is 0 Å². The lowest BCUT2D eigenvalue weighted by molar-refractivity contribution is -0.476. The van der Waals surface area contributed by atoms with Gasteiger partial charge in [0.1, 0.15) is 0 Å². The van der Waals surface area contributed by atoms with E-state index in [0.29, 0.717) is 6.92 Å². The molecule has 1 unspecified atom stereocenters. The number of halogens is 13. The third-order valence-electron chi connectivity index (χ3n) is 2.33. The summed E-state index contributed by atoms with van der Waals surface area (Å²) in [5.41, 5.74) is -7.84. The Bertz CT molecular complexity index is 376. The smallest absolute Gasteiger partial charge is 0.334 e. The van der Waals surface area contributed by atoms with Gasteiger partial charge in [-0.15, -0.1) is 0 Å². The molecule has 0 rings (SSSR count). The molecular weight excluding hydrogens is 359 g/mol. The summed E-state index contributed by atoms with van der Waals surface area (Å²) in [5.74, 6) is -14.6. The normalized spacial score (nSPS) is 18.3. The van der Waals surface area contributed by atoms with E-state index in [0.717, 1.165) is 0 Å². The van der Waals surface area contributed by atoms with Gasteiger partial charge < -0.3 is 4.74 Å². The molecule has 0 N–H and O–H groups in total. The first-order valence-electron chi connectivity index (χ1n) is 4.91. The molecular formula is C8H5F13O. The van der Waals surface area contributed by atoms with Gasteiger partial charge in [-0.05, 0) is 6.92 Å². The molecule has 0 saturated carbocycles. The molecule has 134 valence electrons. The lowest BCUT2D eigenvalue weighted by Crippen LogP contribution is -2.74. The molecule has 0 radical (unpaired) electrons. The molecule has 0 aliphatic rings. The van der Waals surface area contributed by atoms with Crippen LogP contribution in [0.1, 0.15) is 6.92 Å². The molecule has 1 atom stereocenters. The maximum Gasteiger partial charge on any atom is 0.455 e. The van der Waals surface area contributed by atoms with E-state index in [4.69, 9.17) is 0 Å². The molecule has 0 aliphatic heterocycles. The predicted molar refractivity (Wildman–Crippen MR) is 42.4 cm³/mol. The highest BCUT2D eigenvalue weighted by Crippen LogP contribution is 2.61. The Hall–Kier alpha value is -0.950. The highest BCUT2D eigenvalue weighted by Gasteiger charge is 2.93. The molecule has 0 aromatic rings. The van der Waals surface area contributed by atoms with E-state index in [1.165, 1.54) is 0 Å². The van der Waals surface area contributed by atoms with Crippen molar-refractivity contribution in [3.05, 3.63) is 0 Å². The highest BCUT2D eigenvalue weighted by molar-refractivity contribution is 5.13. The molecule has 22 heavy (non-hydrogen) atoms. The van der Waals surface area contributed by atoms with Crippen molar-refractivity contribution in [2.45, 2.75) is 42.9 Å². The zero-order valence-corrected chi connectivity index (χ0v) is 10.0. The minimum Gasteiger partial charge on any atom is -0.334 e. The first-order valence-corrected chi connectivity index (χ1v) is 4.91. The summed E-state index contributed by atoms with van der Waals surface area (Å²) in [6.07, 6.45) is -22.3. The molecule has 0 fully saturated rings. The summed E-state index contributed by atoms with van der Waals surface area (Å²) >= 11 is 0. The lowest BCUT2D eigenvalue weighted by Gasteiger charge is -2.42. The maximum absolute atomic E-state index is 13.3. The molecule has 0 bridgehead atoms. The second-order valence-electron chi connectivity index (χ2n) is 3.75. The monoisotopic (exact) mass is 364 g/mol. The van der Waals surface area contributed by atoms with Crippen LogP contribution < -0.4 is 0 Å². The van der Waals surface area contributed by atoms with Gasteiger partial charge in [0.2, 0.25) is 0 Å². The first-order chi connectivity index (χ1) is 9.31. The molecule has 0 spiro atoms. The van der Waals surface area contributed by atoms with Crippen molar-refractivity contribution in [1.82, 2.24) is 0 Å². The van der Waals surface area contributed by atoms with E-state index >= 15 is 0 Å². The van der Waals surface area contributed by atoms with Crippen LogP contribution in [-0.2, 0) is 4.74 Å². The van der Waals surface area contributed by atoms with Gasteiger partial charge in [-0.1, -0.05) is 0 Å². The molecule has 1 nitrogen and oxygen atoms in total. The van der Waals surface area contributed by atoms with Crippen molar-refractivity contribution < 1.29 is 61.8 Å². The van der Waals surface area contributed by atoms with Crippen molar-refractivity contribution in [1.29, 1.82) is 0 Å². The van der Waals surface area contributed by atoms with Gasteiger partial charge in [0, 0.05) is 6.61 Å². The van der Waals surface area contributed by atoms with Crippen molar-refractivity contribution >= 4 is 0 Å². The fraction of sp³-hybridized carbons (Fsp3) is 1.00. The van der Waals surface area contributed by atoms with Gasteiger partial charge in [-0.2, -0.15) is 52.7 Å². The van der Waals surface area contributed by atoms with Crippen LogP contribution in [0.3, 0.4) is 0 Å². The summed E-state index contributed by atoms with van der Waals surface area (Å²) in [4.78, 5) is 0. The van der Waals surface area contributed by atoms with E-state index < -0.39 is 42.6 Å². The molecule has 0 aromatic heterocycles. The van der Waals surface area contributed by atoms with Gasteiger partial charge in [0.25, 0.3) is 0 Å². The number of rotatable bonds is 4. The van der Waals surface area contributed by atoms with Crippen LogP contribution in [0.5, 0.6) is 0 Å². The van der Waals surface area contributed by atoms with E-state index in [1.54, 1.807) is 0 Å². The van der Waals surface area contributed by atoms with Gasteiger partial charge in [-0.25, -0.2) is 4.39 Å². The third-order valence-corrected chi connectivity index (χ3v) is 2.33. The Kier molecular flexibility index (Phi) is 5.07. The number of ether oxygens (including phenoxy) is 1. The average molecular weight is 364 g/mol. The Balaban J connectivity index is 6.58. The van der Waals surface area contributed by atoms with Crippen molar-refractivity contribution in [3.8, 4) is 0 Å². The molecule has 0 amide bonds. The number of hydrogen-bond acceptors (Lipinski definition) is 1. The molecule has 0 heterocycles. The minimum atomic E-state index is -7.84. The number of hydrogen-bond donors (Lipinski definition) is 0. The standard InChI is InChI=1S/C8H5F13O/c1-2-22-5(12,8(19,20)21)4(10,11)3(9,6(13,14)15)7(16,17)18/h2H2,1H3. The SMILES string of the molecule is CCOC(F)(C(F)(F)F)C(F)(F)C(F)(C(F)(F)F)C(F)(F)F.